The largest absolute Gasteiger partial charge is 0.342 e. The quantitative estimate of drug-likeness (QED) is 0.870. The molecule has 0 saturated carbocycles. The molecule has 0 unspecified atom stereocenters. The molecule has 0 N–H and O–H groups in total. The fourth-order valence-electron chi connectivity index (χ4n) is 2.38. The van der Waals surface area contributed by atoms with E-state index in [1.165, 1.54) is 23.5 Å². The number of aromatic nitrogens is 1. The first-order chi connectivity index (χ1) is 9.72. The molecular formula is C15H15FN2OS. The van der Waals surface area contributed by atoms with Crippen LogP contribution < -0.4 is 0 Å². The van der Waals surface area contributed by atoms with E-state index < -0.39 is 0 Å². The minimum Gasteiger partial charge on any atom is -0.342 e. The summed E-state index contributed by atoms with van der Waals surface area (Å²) >= 11 is 1.45. The topological polar surface area (TPSA) is 33.2 Å². The van der Waals surface area contributed by atoms with Crippen LogP contribution in [0.4, 0.5) is 4.39 Å². The Kier molecular flexibility index (Phi) is 3.78. The van der Waals surface area contributed by atoms with Crippen LogP contribution >= 0.6 is 11.3 Å². The Morgan fingerprint density at radius 2 is 2.15 bits per heavy atom. The van der Waals surface area contributed by atoms with Crippen LogP contribution in [0.15, 0.2) is 29.6 Å². The Hall–Kier alpha value is -1.75. The molecule has 20 heavy (non-hydrogen) atoms. The average Bonchev–Trinajstić information content (AvgIpc) is 3.10. The predicted octanol–water partition coefficient (Wildman–Crippen LogP) is 3.11. The Morgan fingerprint density at radius 1 is 1.35 bits per heavy atom. The lowest BCUT2D eigenvalue weighted by Crippen LogP contribution is -2.29. The Labute approximate surface area is 121 Å². The zero-order valence-corrected chi connectivity index (χ0v) is 11.8. The van der Waals surface area contributed by atoms with Gasteiger partial charge >= 0.3 is 0 Å². The summed E-state index contributed by atoms with van der Waals surface area (Å²) in [4.78, 5) is 18.4. The van der Waals surface area contributed by atoms with Crippen LogP contribution in [0.1, 0.15) is 18.5 Å². The molecule has 104 valence electrons. The van der Waals surface area contributed by atoms with Gasteiger partial charge in [-0.05, 0) is 25.0 Å². The second-order valence-electron chi connectivity index (χ2n) is 4.92. The highest BCUT2D eigenvalue weighted by atomic mass is 32.1. The minimum absolute atomic E-state index is 0.138. The SMILES string of the molecule is O=C(Cc1csc(-c2cccc(F)c2)n1)N1CCCC1. The van der Waals surface area contributed by atoms with Gasteiger partial charge in [0.05, 0.1) is 12.1 Å². The lowest BCUT2D eigenvalue weighted by molar-refractivity contribution is -0.129. The molecule has 1 aromatic carbocycles. The van der Waals surface area contributed by atoms with E-state index in [0.717, 1.165) is 42.2 Å². The summed E-state index contributed by atoms with van der Waals surface area (Å²) in [5.74, 6) is -0.133. The predicted molar refractivity (Wildman–Crippen MR) is 77.0 cm³/mol. The summed E-state index contributed by atoms with van der Waals surface area (Å²) in [6.45, 7) is 1.72. The maximum Gasteiger partial charge on any atom is 0.228 e. The molecule has 0 radical (unpaired) electrons. The Balaban J connectivity index is 1.72. The maximum atomic E-state index is 13.2. The summed E-state index contributed by atoms with van der Waals surface area (Å²) in [6, 6.07) is 6.37. The van der Waals surface area contributed by atoms with Crippen molar-refractivity contribution in [3.8, 4) is 10.6 Å². The van der Waals surface area contributed by atoms with Crippen molar-refractivity contribution in [3.63, 3.8) is 0 Å². The summed E-state index contributed by atoms with van der Waals surface area (Å²) in [5, 5.41) is 2.64. The molecule has 1 saturated heterocycles. The molecule has 0 spiro atoms. The molecule has 5 heteroatoms. The van der Waals surface area contributed by atoms with Gasteiger partial charge in [-0.2, -0.15) is 0 Å². The molecule has 1 amide bonds. The highest BCUT2D eigenvalue weighted by Crippen LogP contribution is 2.24. The number of thiazole rings is 1. The van der Waals surface area contributed by atoms with Crippen molar-refractivity contribution in [2.24, 2.45) is 0 Å². The van der Waals surface area contributed by atoms with Gasteiger partial charge in [-0.1, -0.05) is 12.1 Å². The number of halogens is 1. The molecule has 0 bridgehead atoms. The number of carbonyl (C=O) groups is 1. The molecule has 0 atom stereocenters. The van der Waals surface area contributed by atoms with Gasteiger partial charge in [0.2, 0.25) is 5.91 Å². The van der Waals surface area contributed by atoms with Crippen molar-refractivity contribution in [3.05, 3.63) is 41.2 Å². The number of hydrogen-bond donors (Lipinski definition) is 0. The number of likely N-dealkylation sites (tertiary alicyclic amines) is 1. The molecule has 3 rings (SSSR count). The van der Waals surface area contributed by atoms with Crippen LogP contribution in [0, 0.1) is 5.82 Å². The van der Waals surface area contributed by atoms with Crippen molar-refractivity contribution >= 4 is 17.2 Å². The molecule has 1 aromatic heterocycles. The van der Waals surface area contributed by atoms with E-state index in [2.05, 4.69) is 4.98 Å². The summed E-state index contributed by atoms with van der Waals surface area (Å²) in [6.07, 6.45) is 2.53. The van der Waals surface area contributed by atoms with Crippen LogP contribution in [0.25, 0.3) is 10.6 Å². The number of nitrogens with zero attached hydrogens (tertiary/aromatic N) is 2. The summed E-state index contributed by atoms with van der Waals surface area (Å²) in [5.41, 5.74) is 1.53. The minimum atomic E-state index is -0.271. The molecule has 3 nitrogen and oxygen atoms in total. The Bertz CT molecular complexity index is 620. The van der Waals surface area contributed by atoms with Gasteiger partial charge in [0.1, 0.15) is 10.8 Å². The van der Waals surface area contributed by atoms with Gasteiger partial charge in [-0.25, -0.2) is 9.37 Å². The van der Waals surface area contributed by atoms with Crippen LogP contribution in [-0.2, 0) is 11.2 Å². The van der Waals surface area contributed by atoms with Crippen molar-refractivity contribution in [2.45, 2.75) is 19.3 Å². The fraction of sp³-hybridized carbons (Fsp3) is 0.333. The average molecular weight is 290 g/mol. The highest BCUT2D eigenvalue weighted by Gasteiger charge is 2.19. The lowest BCUT2D eigenvalue weighted by Gasteiger charge is -2.13. The second-order valence-corrected chi connectivity index (χ2v) is 5.78. The van der Waals surface area contributed by atoms with Crippen LogP contribution in [0.5, 0.6) is 0 Å². The van der Waals surface area contributed by atoms with Crippen LogP contribution in [-0.4, -0.2) is 28.9 Å². The van der Waals surface area contributed by atoms with E-state index in [-0.39, 0.29) is 11.7 Å². The van der Waals surface area contributed by atoms with E-state index in [0.29, 0.717) is 6.42 Å². The normalized spacial score (nSPS) is 14.8. The number of benzene rings is 1. The zero-order chi connectivity index (χ0) is 13.9. The zero-order valence-electron chi connectivity index (χ0n) is 11.0. The van der Waals surface area contributed by atoms with Crippen LogP contribution in [0.2, 0.25) is 0 Å². The van der Waals surface area contributed by atoms with Gasteiger partial charge in [0, 0.05) is 24.0 Å². The van der Waals surface area contributed by atoms with Gasteiger partial charge in [0.15, 0.2) is 0 Å². The smallest absolute Gasteiger partial charge is 0.228 e. The molecule has 0 aliphatic carbocycles. The standard InChI is InChI=1S/C15H15FN2OS/c16-12-5-3-4-11(8-12)15-17-13(10-20-15)9-14(19)18-6-1-2-7-18/h3-5,8,10H,1-2,6-7,9H2. The van der Waals surface area contributed by atoms with Gasteiger partial charge in [0.25, 0.3) is 0 Å². The lowest BCUT2D eigenvalue weighted by atomic mass is 10.2. The van der Waals surface area contributed by atoms with E-state index >= 15 is 0 Å². The third-order valence-corrected chi connectivity index (χ3v) is 4.35. The van der Waals surface area contributed by atoms with Gasteiger partial charge in [-0.15, -0.1) is 11.3 Å². The van der Waals surface area contributed by atoms with E-state index in [1.807, 2.05) is 16.3 Å². The second kappa shape index (κ2) is 5.71. The summed E-state index contributed by atoms with van der Waals surface area (Å²) < 4.78 is 13.2. The molecule has 2 aromatic rings. The third kappa shape index (κ3) is 2.88. The number of hydrogen-bond acceptors (Lipinski definition) is 3. The van der Waals surface area contributed by atoms with Gasteiger partial charge < -0.3 is 4.90 Å². The van der Waals surface area contributed by atoms with Crippen molar-refractivity contribution in [1.82, 2.24) is 9.88 Å². The third-order valence-electron chi connectivity index (χ3n) is 3.41. The van der Waals surface area contributed by atoms with Crippen molar-refractivity contribution < 1.29 is 9.18 Å². The monoisotopic (exact) mass is 290 g/mol. The first kappa shape index (κ1) is 13.2. The molecule has 1 fully saturated rings. The number of amides is 1. The van der Waals surface area contributed by atoms with Gasteiger partial charge in [-0.3, -0.25) is 4.79 Å². The molecular weight excluding hydrogens is 275 g/mol. The van der Waals surface area contributed by atoms with Crippen molar-refractivity contribution in [1.29, 1.82) is 0 Å². The maximum absolute atomic E-state index is 13.2. The number of carbonyl (C=O) groups excluding carboxylic acids is 1. The molecule has 1 aliphatic heterocycles. The van der Waals surface area contributed by atoms with E-state index in [1.54, 1.807) is 6.07 Å². The summed E-state index contributed by atoms with van der Waals surface area (Å²) in [7, 11) is 0. The number of rotatable bonds is 3. The fourth-order valence-corrected chi connectivity index (χ4v) is 3.19. The van der Waals surface area contributed by atoms with E-state index in [9.17, 15) is 9.18 Å². The highest BCUT2D eigenvalue weighted by molar-refractivity contribution is 7.13. The first-order valence-electron chi connectivity index (χ1n) is 6.70. The first-order valence-corrected chi connectivity index (χ1v) is 7.58. The van der Waals surface area contributed by atoms with Crippen LogP contribution in [0.3, 0.4) is 0 Å². The molecule has 2 heterocycles. The molecule has 1 aliphatic rings. The Morgan fingerprint density at radius 3 is 2.90 bits per heavy atom. The van der Waals surface area contributed by atoms with E-state index in [4.69, 9.17) is 0 Å². The van der Waals surface area contributed by atoms with Crippen molar-refractivity contribution in [2.75, 3.05) is 13.1 Å².